The first-order valence-corrected chi connectivity index (χ1v) is 6.85. The molecule has 0 aliphatic carbocycles. The van der Waals surface area contributed by atoms with Crippen LogP contribution < -0.4 is 11.1 Å². The van der Waals surface area contributed by atoms with Crippen LogP contribution in [-0.4, -0.2) is 32.2 Å². The SMILES string of the molecule is NCC(=O)NCC1(c2cccc(Cl)c2)CCOCC1. The van der Waals surface area contributed by atoms with E-state index in [-0.39, 0.29) is 17.9 Å². The minimum absolute atomic E-state index is 0.0160. The zero-order chi connectivity index (χ0) is 13.7. The van der Waals surface area contributed by atoms with Crippen molar-refractivity contribution < 1.29 is 9.53 Å². The van der Waals surface area contributed by atoms with Crippen molar-refractivity contribution in [3.8, 4) is 0 Å². The molecular formula is C14H19ClN2O2. The van der Waals surface area contributed by atoms with Crippen LogP contribution in [0.25, 0.3) is 0 Å². The second kappa shape index (κ2) is 6.37. The van der Waals surface area contributed by atoms with E-state index in [4.69, 9.17) is 22.1 Å². The molecule has 1 aliphatic rings. The van der Waals surface area contributed by atoms with Crippen molar-refractivity contribution in [1.82, 2.24) is 5.32 Å². The van der Waals surface area contributed by atoms with Crippen molar-refractivity contribution in [1.29, 1.82) is 0 Å². The van der Waals surface area contributed by atoms with E-state index in [2.05, 4.69) is 11.4 Å². The van der Waals surface area contributed by atoms with Crippen molar-refractivity contribution in [3.05, 3.63) is 34.9 Å². The number of nitrogens with two attached hydrogens (primary N) is 1. The fourth-order valence-corrected chi connectivity index (χ4v) is 2.68. The minimum atomic E-state index is -0.132. The van der Waals surface area contributed by atoms with Gasteiger partial charge >= 0.3 is 0 Å². The van der Waals surface area contributed by atoms with Crippen LogP contribution in [0.3, 0.4) is 0 Å². The summed E-state index contributed by atoms with van der Waals surface area (Å²) in [5.74, 6) is -0.132. The molecule has 5 heteroatoms. The highest BCUT2D eigenvalue weighted by atomic mass is 35.5. The quantitative estimate of drug-likeness (QED) is 0.879. The lowest BCUT2D eigenvalue weighted by molar-refractivity contribution is -0.120. The van der Waals surface area contributed by atoms with E-state index in [0.29, 0.717) is 24.8 Å². The van der Waals surface area contributed by atoms with Gasteiger partial charge in [-0.05, 0) is 30.5 Å². The van der Waals surface area contributed by atoms with Gasteiger partial charge < -0.3 is 15.8 Å². The normalized spacial score (nSPS) is 18.0. The lowest BCUT2D eigenvalue weighted by atomic mass is 9.74. The maximum atomic E-state index is 11.4. The Kier molecular flexibility index (Phi) is 4.80. The van der Waals surface area contributed by atoms with Crippen molar-refractivity contribution in [2.75, 3.05) is 26.3 Å². The fourth-order valence-electron chi connectivity index (χ4n) is 2.49. The van der Waals surface area contributed by atoms with Crippen LogP contribution in [0.15, 0.2) is 24.3 Å². The molecule has 1 aromatic carbocycles. The Morgan fingerprint density at radius 3 is 2.79 bits per heavy atom. The number of halogens is 1. The van der Waals surface area contributed by atoms with Gasteiger partial charge in [0.25, 0.3) is 0 Å². The van der Waals surface area contributed by atoms with E-state index >= 15 is 0 Å². The highest BCUT2D eigenvalue weighted by Gasteiger charge is 2.34. The molecule has 1 fully saturated rings. The molecule has 1 aromatic rings. The van der Waals surface area contributed by atoms with E-state index in [9.17, 15) is 4.79 Å². The summed E-state index contributed by atoms with van der Waals surface area (Å²) in [7, 11) is 0. The Morgan fingerprint density at radius 2 is 2.16 bits per heavy atom. The first-order chi connectivity index (χ1) is 9.16. The molecule has 3 N–H and O–H groups in total. The van der Waals surface area contributed by atoms with Crippen molar-refractivity contribution >= 4 is 17.5 Å². The molecule has 1 heterocycles. The maximum Gasteiger partial charge on any atom is 0.233 e. The third-order valence-corrected chi connectivity index (χ3v) is 3.93. The molecule has 0 spiro atoms. The van der Waals surface area contributed by atoms with Crippen molar-refractivity contribution in [2.24, 2.45) is 5.73 Å². The van der Waals surface area contributed by atoms with Gasteiger partial charge in [-0.1, -0.05) is 23.7 Å². The lowest BCUT2D eigenvalue weighted by Crippen LogP contribution is -2.46. The predicted octanol–water partition coefficient (Wildman–Crippen LogP) is 1.46. The molecule has 0 unspecified atom stereocenters. The van der Waals surface area contributed by atoms with Crippen LogP contribution in [0, 0.1) is 0 Å². The maximum absolute atomic E-state index is 11.4. The number of carbonyl (C=O) groups excluding carboxylic acids is 1. The third kappa shape index (κ3) is 3.47. The summed E-state index contributed by atoms with van der Waals surface area (Å²) in [6.45, 7) is 1.99. The second-order valence-electron chi connectivity index (χ2n) is 4.88. The minimum Gasteiger partial charge on any atom is -0.381 e. The van der Waals surface area contributed by atoms with Gasteiger partial charge in [0.1, 0.15) is 0 Å². The van der Waals surface area contributed by atoms with E-state index < -0.39 is 0 Å². The summed E-state index contributed by atoms with van der Waals surface area (Å²) in [5, 5.41) is 3.61. The van der Waals surface area contributed by atoms with Gasteiger partial charge in [0.05, 0.1) is 6.54 Å². The zero-order valence-corrected chi connectivity index (χ0v) is 11.6. The van der Waals surface area contributed by atoms with E-state index in [1.165, 1.54) is 0 Å². The highest BCUT2D eigenvalue weighted by molar-refractivity contribution is 6.30. The molecule has 0 bridgehead atoms. The molecule has 1 saturated heterocycles. The van der Waals surface area contributed by atoms with Gasteiger partial charge in [0.15, 0.2) is 0 Å². The van der Waals surface area contributed by atoms with Crippen LogP contribution in [0.2, 0.25) is 5.02 Å². The molecule has 0 atom stereocenters. The van der Waals surface area contributed by atoms with Crippen molar-refractivity contribution in [3.63, 3.8) is 0 Å². The third-order valence-electron chi connectivity index (χ3n) is 3.70. The van der Waals surface area contributed by atoms with E-state index in [0.717, 1.165) is 18.4 Å². The molecule has 0 aromatic heterocycles. The summed E-state index contributed by atoms with van der Waals surface area (Å²) in [6, 6.07) is 7.84. The Labute approximate surface area is 118 Å². The van der Waals surface area contributed by atoms with E-state index in [1.807, 2.05) is 18.2 Å². The van der Waals surface area contributed by atoms with Crippen LogP contribution >= 0.6 is 11.6 Å². The van der Waals surface area contributed by atoms with E-state index in [1.54, 1.807) is 0 Å². The number of amides is 1. The summed E-state index contributed by atoms with van der Waals surface area (Å²) in [5.41, 5.74) is 6.39. The summed E-state index contributed by atoms with van der Waals surface area (Å²) in [4.78, 5) is 11.4. The van der Waals surface area contributed by atoms with Crippen LogP contribution in [0.4, 0.5) is 0 Å². The lowest BCUT2D eigenvalue weighted by Gasteiger charge is -2.38. The molecule has 2 rings (SSSR count). The Bertz CT molecular complexity index is 445. The fraction of sp³-hybridized carbons (Fsp3) is 0.500. The van der Waals surface area contributed by atoms with Gasteiger partial charge in [0, 0.05) is 30.2 Å². The predicted molar refractivity (Wildman–Crippen MR) is 75.2 cm³/mol. The monoisotopic (exact) mass is 282 g/mol. The molecule has 0 radical (unpaired) electrons. The first-order valence-electron chi connectivity index (χ1n) is 6.47. The molecule has 1 aliphatic heterocycles. The number of nitrogens with one attached hydrogen (secondary N) is 1. The average Bonchev–Trinajstić information content (AvgIpc) is 2.46. The van der Waals surface area contributed by atoms with Crippen LogP contribution in [0.1, 0.15) is 18.4 Å². The second-order valence-corrected chi connectivity index (χ2v) is 5.32. The van der Waals surface area contributed by atoms with Crippen LogP contribution in [0.5, 0.6) is 0 Å². The molecular weight excluding hydrogens is 264 g/mol. The van der Waals surface area contributed by atoms with Crippen LogP contribution in [-0.2, 0) is 14.9 Å². The number of carbonyl (C=O) groups is 1. The molecule has 19 heavy (non-hydrogen) atoms. The first kappa shape index (κ1) is 14.3. The Balaban J connectivity index is 2.21. The number of hydrogen-bond acceptors (Lipinski definition) is 3. The van der Waals surface area contributed by atoms with Gasteiger partial charge in [-0.25, -0.2) is 0 Å². The Morgan fingerprint density at radius 1 is 1.42 bits per heavy atom. The number of hydrogen-bond donors (Lipinski definition) is 2. The topological polar surface area (TPSA) is 64.4 Å². The molecule has 4 nitrogen and oxygen atoms in total. The molecule has 0 saturated carbocycles. The standard InChI is InChI=1S/C14H19ClN2O2/c15-12-3-1-2-11(8-12)14(4-6-19-7-5-14)10-17-13(18)9-16/h1-3,8H,4-7,9-10,16H2,(H,17,18). The largest absolute Gasteiger partial charge is 0.381 e. The number of rotatable bonds is 4. The number of ether oxygens (including phenoxy) is 1. The highest BCUT2D eigenvalue weighted by Crippen LogP contribution is 2.35. The summed E-state index contributed by atoms with van der Waals surface area (Å²) < 4.78 is 5.44. The molecule has 104 valence electrons. The van der Waals surface area contributed by atoms with Gasteiger partial charge in [-0.3, -0.25) is 4.79 Å². The van der Waals surface area contributed by atoms with Gasteiger partial charge in [-0.15, -0.1) is 0 Å². The zero-order valence-electron chi connectivity index (χ0n) is 10.8. The van der Waals surface area contributed by atoms with Crippen molar-refractivity contribution in [2.45, 2.75) is 18.3 Å². The Hall–Kier alpha value is -1.10. The molecule has 1 amide bonds. The summed E-state index contributed by atoms with van der Waals surface area (Å²) in [6.07, 6.45) is 1.75. The number of benzene rings is 1. The average molecular weight is 283 g/mol. The van der Waals surface area contributed by atoms with Gasteiger partial charge in [-0.2, -0.15) is 0 Å². The smallest absolute Gasteiger partial charge is 0.233 e. The summed E-state index contributed by atoms with van der Waals surface area (Å²) >= 11 is 6.08. The van der Waals surface area contributed by atoms with Gasteiger partial charge in [0.2, 0.25) is 5.91 Å².